The maximum absolute atomic E-state index is 12.8. The molecule has 0 spiro atoms. The number of para-hydroxylation sites is 1. The quantitative estimate of drug-likeness (QED) is 0.212. The first-order valence-electron chi connectivity index (χ1n) is 11.5. The van der Waals surface area contributed by atoms with Crippen LogP contribution in [0.4, 0.5) is 5.69 Å². The van der Waals surface area contributed by atoms with Gasteiger partial charge in [0.1, 0.15) is 5.75 Å². The van der Waals surface area contributed by atoms with Gasteiger partial charge in [-0.3, -0.25) is 4.79 Å². The molecule has 0 bridgehead atoms. The predicted molar refractivity (Wildman–Crippen MR) is 134 cm³/mol. The SMILES string of the molecule is CCCCCCCCCCCCS(=O)(=O)c1ccc(O)c(C(=O)N(Br)c2ccccc2)c1. The van der Waals surface area contributed by atoms with E-state index in [9.17, 15) is 18.3 Å². The van der Waals surface area contributed by atoms with Crippen LogP contribution in [0, 0.1) is 0 Å². The summed E-state index contributed by atoms with van der Waals surface area (Å²) in [4.78, 5) is 12.9. The van der Waals surface area contributed by atoms with Gasteiger partial charge in [0.15, 0.2) is 9.84 Å². The monoisotopic (exact) mass is 523 g/mol. The highest BCUT2D eigenvalue weighted by molar-refractivity contribution is 9.10. The topological polar surface area (TPSA) is 74.7 Å². The van der Waals surface area contributed by atoms with Crippen molar-refractivity contribution < 1.29 is 18.3 Å². The molecule has 0 aromatic heterocycles. The van der Waals surface area contributed by atoms with E-state index in [-0.39, 0.29) is 22.0 Å². The fraction of sp³-hybridized carbons (Fsp3) is 0.480. The molecule has 0 unspecified atom stereocenters. The third-order valence-corrected chi connectivity index (χ3v) is 8.02. The van der Waals surface area contributed by atoms with Crippen LogP contribution in [0.2, 0.25) is 0 Å². The Morgan fingerprint density at radius 3 is 2.03 bits per heavy atom. The van der Waals surface area contributed by atoms with Crippen molar-refractivity contribution in [3.05, 3.63) is 54.1 Å². The number of sulfone groups is 1. The van der Waals surface area contributed by atoms with Gasteiger partial charge in [-0.25, -0.2) is 12.3 Å². The minimum Gasteiger partial charge on any atom is -0.507 e. The van der Waals surface area contributed by atoms with Gasteiger partial charge in [0.25, 0.3) is 5.91 Å². The number of benzene rings is 2. The fourth-order valence-corrected chi connectivity index (χ4v) is 5.38. The highest BCUT2D eigenvalue weighted by Gasteiger charge is 2.22. The number of anilines is 1. The van der Waals surface area contributed by atoms with Crippen LogP contribution in [0.3, 0.4) is 0 Å². The van der Waals surface area contributed by atoms with Crippen LogP contribution in [0.15, 0.2) is 53.4 Å². The number of halogens is 1. The molecule has 2 aromatic rings. The van der Waals surface area contributed by atoms with Crippen LogP contribution in [0.5, 0.6) is 5.75 Å². The summed E-state index contributed by atoms with van der Waals surface area (Å²) in [5.41, 5.74) is 0.519. The first-order valence-corrected chi connectivity index (χ1v) is 13.8. The first-order chi connectivity index (χ1) is 15.4. The molecular weight excluding hydrogens is 490 g/mol. The fourth-order valence-electron chi connectivity index (χ4n) is 3.56. The lowest BCUT2D eigenvalue weighted by molar-refractivity contribution is 0.101. The summed E-state index contributed by atoms with van der Waals surface area (Å²) in [5.74, 6) is -0.753. The number of carbonyl (C=O) groups is 1. The molecule has 2 aromatic carbocycles. The Morgan fingerprint density at radius 2 is 1.44 bits per heavy atom. The summed E-state index contributed by atoms with van der Waals surface area (Å²) in [6, 6.07) is 12.7. The molecule has 0 aliphatic carbocycles. The number of rotatable bonds is 14. The summed E-state index contributed by atoms with van der Waals surface area (Å²) in [6.45, 7) is 2.21. The number of amides is 1. The van der Waals surface area contributed by atoms with Crippen molar-refractivity contribution in [3.8, 4) is 5.75 Å². The van der Waals surface area contributed by atoms with Crippen LogP contribution in [0.25, 0.3) is 0 Å². The van der Waals surface area contributed by atoms with Gasteiger partial charge in [-0.05, 0) is 36.8 Å². The van der Waals surface area contributed by atoms with Crippen LogP contribution >= 0.6 is 16.1 Å². The smallest absolute Gasteiger partial charge is 0.272 e. The lowest BCUT2D eigenvalue weighted by Gasteiger charge is -2.16. The van der Waals surface area contributed by atoms with E-state index in [1.807, 2.05) is 6.07 Å². The normalized spacial score (nSPS) is 11.4. The van der Waals surface area contributed by atoms with Gasteiger partial charge in [-0.15, -0.1) is 0 Å². The number of carbonyl (C=O) groups excluding carboxylic acids is 1. The van der Waals surface area contributed by atoms with E-state index in [0.717, 1.165) is 19.3 Å². The van der Waals surface area contributed by atoms with E-state index >= 15 is 0 Å². The molecule has 0 aliphatic heterocycles. The van der Waals surface area contributed by atoms with Crippen LogP contribution in [-0.2, 0) is 9.84 Å². The predicted octanol–water partition coefficient (Wildman–Crippen LogP) is 7.04. The Balaban J connectivity index is 1.89. The number of nitrogens with zero attached hydrogens (tertiary/aromatic N) is 1. The molecule has 32 heavy (non-hydrogen) atoms. The molecule has 7 heteroatoms. The second-order valence-corrected chi connectivity index (χ2v) is 10.9. The van der Waals surface area contributed by atoms with Crippen molar-refractivity contribution in [1.29, 1.82) is 0 Å². The Bertz CT molecular complexity index is 948. The standard InChI is InChI=1S/C25H34BrNO4S/c1-2-3-4-5-6-7-8-9-10-14-19-32(30,31)22-17-18-24(28)23(20-22)25(29)27(26)21-15-12-11-13-16-21/h11-13,15-18,20,28H,2-10,14,19H2,1H3. The molecule has 1 N–H and O–H groups in total. The highest BCUT2D eigenvalue weighted by atomic mass is 79.9. The largest absolute Gasteiger partial charge is 0.507 e. The minimum atomic E-state index is -3.53. The molecule has 0 saturated heterocycles. The molecule has 0 atom stereocenters. The van der Waals surface area contributed by atoms with Gasteiger partial charge in [0.05, 0.1) is 38.0 Å². The van der Waals surface area contributed by atoms with E-state index in [1.165, 1.54) is 60.7 Å². The summed E-state index contributed by atoms with van der Waals surface area (Å²) in [7, 11) is -3.53. The van der Waals surface area contributed by atoms with E-state index < -0.39 is 15.7 Å². The second-order valence-electron chi connectivity index (χ2n) is 8.10. The van der Waals surface area contributed by atoms with Gasteiger partial charge in [0.2, 0.25) is 0 Å². The van der Waals surface area contributed by atoms with Crippen molar-refractivity contribution in [2.45, 2.75) is 76.0 Å². The van der Waals surface area contributed by atoms with Gasteiger partial charge in [0, 0.05) is 0 Å². The van der Waals surface area contributed by atoms with E-state index in [1.54, 1.807) is 24.3 Å². The molecule has 1 amide bonds. The lowest BCUT2D eigenvalue weighted by Crippen LogP contribution is -2.20. The van der Waals surface area contributed by atoms with Crippen LogP contribution < -0.4 is 3.93 Å². The number of unbranched alkanes of at least 4 members (excludes halogenated alkanes) is 9. The molecular formula is C25H34BrNO4S. The van der Waals surface area contributed by atoms with E-state index in [2.05, 4.69) is 23.1 Å². The number of hydrogen-bond acceptors (Lipinski definition) is 4. The molecule has 0 aliphatic rings. The molecule has 0 fully saturated rings. The Morgan fingerprint density at radius 1 is 0.875 bits per heavy atom. The number of phenolic OH excluding ortho intramolecular Hbond substituents is 1. The van der Waals surface area contributed by atoms with Gasteiger partial charge in [-0.1, -0.05) is 82.9 Å². The van der Waals surface area contributed by atoms with Gasteiger partial charge >= 0.3 is 0 Å². The van der Waals surface area contributed by atoms with Crippen molar-refractivity contribution in [2.75, 3.05) is 9.68 Å². The minimum absolute atomic E-state index is 0.0403. The average Bonchev–Trinajstić information content (AvgIpc) is 2.80. The number of aromatic hydroxyl groups is 1. The molecule has 5 nitrogen and oxygen atoms in total. The maximum atomic E-state index is 12.8. The number of phenols is 1. The zero-order chi connectivity index (χ0) is 23.4. The van der Waals surface area contributed by atoms with E-state index in [0.29, 0.717) is 12.1 Å². The highest BCUT2D eigenvalue weighted by Crippen LogP contribution is 2.28. The zero-order valence-electron chi connectivity index (χ0n) is 18.8. The van der Waals surface area contributed by atoms with Gasteiger partial charge < -0.3 is 5.11 Å². The summed E-state index contributed by atoms with van der Waals surface area (Å²) in [5, 5.41) is 10.2. The van der Waals surface area contributed by atoms with Gasteiger partial charge in [-0.2, -0.15) is 0 Å². The Kier molecular flexibility index (Phi) is 11.2. The molecule has 0 saturated carbocycles. The second kappa shape index (κ2) is 13.6. The third kappa shape index (κ3) is 8.24. The van der Waals surface area contributed by atoms with Crippen molar-refractivity contribution in [3.63, 3.8) is 0 Å². The maximum Gasteiger partial charge on any atom is 0.272 e. The Labute approximate surface area is 201 Å². The molecule has 0 radical (unpaired) electrons. The molecule has 0 heterocycles. The van der Waals surface area contributed by atoms with Crippen molar-refractivity contribution in [2.24, 2.45) is 0 Å². The molecule has 2 rings (SSSR count). The van der Waals surface area contributed by atoms with Crippen LogP contribution in [-0.4, -0.2) is 25.2 Å². The average molecular weight is 525 g/mol. The first kappa shape index (κ1) is 26.4. The number of hydrogen-bond donors (Lipinski definition) is 1. The van der Waals surface area contributed by atoms with E-state index in [4.69, 9.17) is 0 Å². The van der Waals surface area contributed by atoms with Crippen molar-refractivity contribution >= 4 is 37.6 Å². The molecule has 176 valence electrons. The lowest BCUT2D eigenvalue weighted by atomic mass is 10.1. The summed E-state index contributed by atoms with van der Waals surface area (Å²) < 4.78 is 26.8. The third-order valence-electron chi connectivity index (χ3n) is 5.49. The summed E-state index contributed by atoms with van der Waals surface area (Å²) >= 11 is 3.21. The summed E-state index contributed by atoms with van der Waals surface area (Å²) in [6.07, 6.45) is 11.3. The van der Waals surface area contributed by atoms with Crippen molar-refractivity contribution in [1.82, 2.24) is 0 Å². The Hall–Kier alpha value is -1.86. The van der Waals surface area contributed by atoms with Crippen LogP contribution in [0.1, 0.15) is 81.5 Å². The zero-order valence-corrected chi connectivity index (χ0v) is 21.2.